The van der Waals surface area contributed by atoms with E-state index in [1.807, 2.05) is 95.2 Å². The van der Waals surface area contributed by atoms with Crippen LogP contribution in [-0.2, 0) is 54.4 Å². The molecule has 35 heteroatoms. The van der Waals surface area contributed by atoms with Gasteiger partial charge in [-0.3, -0.25) is 60.7 Å². The van der Waals surface area contributed by atoms with Crippen LogP contribution < -0.4 is 0 Å². The molecule has 0 saturated carbocycles. The van der Waals surface area contributed by atoms with Gasteiger partial charge in [-0.2, -0.15) is 10.5 Å². The molecule has 2 aliphatic heterocycles. The lowest BCUT2D eigenvalue weighted by atomic mass is 10.0. The van der Waals surface area contributed by atoms with Crippen molar-refractivity contribution in [1.82, 2.24) is 4.67 Å². The summed E-state index contributed by atoms with van der Waals surface area (Å²) in [6, 6.07) is 15.4. The molecular weight excluding hydrogens is 1330 g/mol. The van der Waals surface area contributed by atoms with Crippen molar-refractivity contribution in [2.24, 2.45) is 0 Å². The fourth-order valence-electron chi connectivity index (χ4n) is 9.28. The van der Waals surface area contributed by atoms with Gasteiger partial charge in [0.05, 0.1) is 141 Å². The summed E-state index contributed by atoms with van der Waals surface area (Å²) < 4.78 is 81.3. The van der Waals surface area contributed by atoms with Gasteiger partial charge < -0.3 is 56.9 Å². The Labute approximate surface area is 581 Å². The fourth-order valence-corrected chi connectivity index (χ4v) is 12.3. The van der Waals surface area contributed by atoms with Crippen molar-refractivity contribution in [3.8, 4) is 12.1 Å². The SMILES string of the molecule is C[C@H]1CC(O)[C@@H](COC(C)(C)C)O1.Cc1c([N+](=O)[O-])cccc1[N+](=O)[O-].[2H]C.[2H]OC.[3H]CCC(Cc1c([N+](=O)[O-])cccc1[N+](=O)[O-])OP(OCCC#N)OC1C[C@H](C)O[C@@H]1COC(C)(C)C.[3H]OCC(CCCCc1ccc([N+](=O)[O-])cc1[N+](=O)[O-])OP(OCCC#N)N(C(C)C)C(C)C. The van der Waals surface area contributed by atoms with Crippen LogP contribution in [0.15, 0.2) is 54.6 Å². The minimum absolute atomic E-state index is 0.0215. The summed E-state index contributed by atoms with van der Waals surface area (Å²) in [7, 11) is -1.02. The zero-order valence-electron chi connectivity index (χ0n) is 62.5. The highest BCUT2D eigenvalue weighted by Crippen LogP contribution is 2.49. The van der Waals surface area contributed by atoms with E-state index in [0.29, 0.717) is 44.3 Å². The minimum Gasteiger partial charge on any atom is -0.400 e. The van der Waals surface area contributed by atoms with Crippen LogP contribution >= 0.6 is 17.1 Å². The number of ether oxygens (including phenoxy) is 4. The Hall–Kier alpha value is -6.62. The Morgan fingerprint density at radius 2 is 1.22 bits per heavy atom. The molecule has 0 aromatic heterocycles. The fraction of sp³-hybridized carbons (Fsp3) is 0.683. The van der Waals surface area contributed by atoms with E-state index in [4.69, 9.17) is 57.7 Å². The van der Waals surface area contributed by atoms with E-state index in [0.717, 1.165) is 12.5 Å². The number of unbranched alkanes of at least 4 members (excludes halogenated alkanes) is 1. The van der Waals surface area contributed by atoms with Crippen molar-refractivity contribution >= 4 is 51.3 Å². The molecule has 3 N–H and O–H groups in total. The highest BCUT2D eigenvalue weighted by molar-refractivity contribution is 7.44. The first-order valence-corrected chi connectivity index (χ1v) is 33.4. The quantitative estimate of drug-likeness (QED) is 0.0213. The van der Waals surface area contributed by atoms with Crippen molar-refractivity contribution in [2.75, 3.05) is 40.1 Å². The van der Waals surface area contributed by atoms with Crippen LogP contribution in [0.1, 0.15) is 168 Å². The molecule has 5 rings (SSSR count). The first-order valence-electron chi connectivity index (χ1n) is 33.7. The van der Waals surface area contributed by atoms with Gasteiger partial charge in [0, 0.05) is 77.1 Å². The van der Waals surface area contributed by atoms with Gasteiger partial charge >= 0.3 is 8.60 Å². The van der Waals surface area contributed by atoms with Crippen molar-refractivity contribution < 1.29 is 89.2 Å². The average molecular weight is 1440 g/mol. The van der Waals surface area contributed by atoms with Crippen LogP contribution in [0, 0.1) is 90.3 Å². The van der Waals surface area contributed by atoms with E-state index >= 15 is 0 Å². The number of nitro benzene ring substituents is 6. The van der Waals surface area contributed by atoms with E-state index in [9.17, 15) is 65.8 Å². The lowest BCUT2D eigenvalue weighted by Gasteiger charge is -2.37. The van der Waals surface area contributed by atoms with Gasteiger partial charge in [-0.25, -0.2) is 4.67 Å². The van der Waals surface area contributed by atoms with Gasteiger partial charge in [-0.05, 0) is 134 Å². The normalized spacial score (nSPS) is 18.9. The first-order chi connectivity index (χ1) is 47.9. The van der Waals surface area contributed by atoms with Gasteiger partial charge in [-0.15, -0.1) is 0 Å². The molecule has 552 valence electrons. The number of aliphatic hydroxyl groups is 3. The Balaban J connectivity index is 0.00000142. The third-order valence-corrected chi connectivity index (χ3v) is 17.2. The molecule has 2 heterocycles. The van der Waals surface area contributed by atoms with E-state index < -0.39 is 82.5 Å². The molecule has 0 amide bonds. The summed E-state index contributed by atoms with van der Waals surface area (Å²) in [5.41, 5.74) is -1.98. The summed E-state index contributed by atoms with van der Waals surface area (Å²) in [6.45, 7) is 26.1. The van der Waals surface area contributed by atoms with E-state index in [1.54, 1.807) is 0 Å². The largest absolute Gasteiger partial charge is 0.400 e. The molecule has 2 aliphatic rings. The Morgan fingerprint density at radius 3 is 1.67 bits per heavy atom. The van der Waals surface area contributed by atoms with Crippen LogP contribution in [0.25, 0.3) is 0 Å². The second-order valence-corrected chi connectivity index (χ2v) is 27.0. The molecule has 0 aliphatic carbocycles. The number of nitrogens with zero attached hydrogens (tertiary/aromatic N) is 9. The molecule has 3 aromatic carbocycles. The maximum Gasteiger partial charge on any atom is 0.333 e. The number of nitriles is 2. The second kappa shape index (κ2) is 46.7. The van der Waals surface area contributed by atoms with Crippen molar-refractivity contribution in [3.05, 3.63) is 132 Å². The zero-order valence-corrected chi connectivity index (χ0v) is 60.3. The molecule has 2 fully saturated rings. The first kappa shape index (κ1) is 83.8. The number of hydrogen-bond donors (Lipinski definition) is 3. The molecule has 33 nitrogen and oxygen atoms in total. The molecule has 98 heavy (non-hydrogen) atoms. The number of hydrogen-bond acceptors (Lipinski definition) is 27. The summed E-state index contributed by atoms with van der Waals surface area (Å²) in [5.74, 6) is 0. The van der Waals surface area contributed by atoms with Crippen molar-refractivity contribution in [3.63, 3.8) is 0 Å². The number of aryl methyl sites for hydroxylation is 1. The maximum absolute atomic E-state index is 11.6. The van der Waals surface area contributed by atoms with Crippen molar-refractivity contribution in [1.29, 1.82) is 13.4 Å². The highest BCUT2D eigenvalue weighted by Gasteiger charge is 2.39. The predicted molar refractivity (Wildman–Crippen MR) is 366 cm³/mol. The highest BCUT2D eigenvalue weighted by atomic mass is 31.2. The monoisotopic (exact) mass is 1440 g/mol. The van der Waals surface area contributed by atoms with Gasteiger partial charge in [0.25, 0.3) is 42.7 Å². The summed E-state index contributed by atoms with van der Waals surface area (Å²) in [6.07, 6.45) is 1.08. The average Bonchev–Trinajstić information content (AvgIpc) is 1.13. The van der Waals surface area contributed by atoms with Crippen LogP contribution in [-0.4, -0.2) is 165 Å². The number of non-ortho nitro benzene ring substituents is 1. The van der Waals surface area contributed by atoms with Gasteiger partial charge in [-0.1, -0.05) is 20.7 Å². The van der Waals surface area contributed by atoms with Crippen LogP contribution in [0.3, 0.4) is 0 Å². The van der Waals surface area contributed by atoms with E-state index in [2.05, 4.69) is 14.9 Å². The third-order valence-electron chi connectivity index (χ3n) is 13.8. The molecule has 6 unspecified atom stereocenters. The lowest BCUT2D eigenvalue weighted by molar-refractivity contribution is -0.395. The summed E-state index contributed by atoms with van der Waals surface area (Å²) in [4.78, 5) is 62.2. The Morgan fingerprint density at radius 1 is 0.735 bits per heavy atom. The summed E-state index contributed by atoms with van der Waals surface area (Å²) in [5, 5.41) is 102. The number of nitro groups is 6. The molecule has 3 aromatic rings. The van der Waals surface area contributed by atoms with E-state index in [1.165, 1.54) is 70.0 Å². The predicted octanol–water partition coefficient (Wildman–Crippen LogP) is 13.6. The van der Waals surface area contributed by atoms with Crippen LogP contribution in [0.5, 0.6) is 0 Å². The van der Waals surface area contributed by atoms with Crippen molar-refractivity contribution in [2.45, 2.75) is 241 Å². The smallest absolute Gasteiger partial charge is 0.333 e. The maximum atomic E-state index is 11.6. The zero-order chi connectivity index (χ0) is 78.0. The minimum atomic E-state index is -2.07. The molecular formula is C63H101N9O24P2. The van der Waals surface area contributed by atoms with Gasteiger partial charge in [0.2, 0.25) is 2.86 Å². The standard InChI is InChI=1S/C23H34N3O9P.C21H33N4O7P.C10H20O3.C7H6N2O4.CH4O.CH4/c1-6-17(14-18-19(25(27)28)9-7-10-20(18)26(29)30)34-36(32-12-8-11-24)35-21-13-16(2)33-22(21)15-31-23(3,4)5;1-16(2)23(17(3)4)33(31-13-7-12-22)32-20(15-26)9-6-5-8-18-10-11-19(24(27)28)14-21(18)25(29)30;1-7-5-8(11)9(13-7)6-12-10(2,3)4;1-5-6(8(10)11)3-2-4-7(5)9(12)13;1-2;/h7,9-10,16-17,21-22H,6,8,12-15H2,1-5H3;10-11,14,16-17,20,26H,5-9,13,15H2,1-4H3;7-9,11H,5-6H2,1-4H3;2-4H,1H3;2H,1H3;1H4/t16-,17?,21?,22+,36?;;7-,8?,9+;;;/m0.0.../s1/i1T;26T;;;2D;1D. The van der Waals surface area contributed by atoms with Gasteiger partial charge in [0.15, 0.2) is 0 Å². The third kappa shape index (κ3) is 34.0. The molecule has 0 bridgehead atoms. The topological polar surface area (TPSA) is 453 Å². The molecule has 0 spiro atoms. The van der Waals surface area contributed by atoms with Crippen LogP contribution in [0.2, 0.25) is 0 Å². The van der Waals surface area contributed by atoms with Crippen LogP contribution in [0.4, 0.5) is 34.1 Å². The van der Waals surface area contributed by atoms with Gasteiger partial charge in [0.1, 0.15) is 23.3 Å². The Bertz CT molecular complexity index is 3030. The lowest BCUT2D eigenvalue weighted by Crippen LogP contribution is -2.35. The molecule has 10 atom stereocenters. The Kier molecular flexibility index (Phi) is 39.9. The number of rotatable bonds is 35. The molecule has 0 radical (unpaired) electrons. The number of benzene rings is 3. The second-order valence-electron chi connectivity index (χ2n) is 24.4. The number of aliphatic hydroxyl groups excluding tert-OH is 3. The molecule has 2 saturated heterocycles. The van der Waals surface area contributed by atoms with E-state index in [-0.39, 0.29) is 141 Å². The summed E-state index contributed by atoms with van der Waals surface area (Å²) >= 11 is 0.